The normalized spacial score (nSPS) is 11.7. The van der Waals surface area contributed by atoms with E-state index in [2.05, 4.69) is 5.16 Å². The molecule has 0 saturated carbocycles. The van der Waals surface area contributed by atoms with Gasteiger partial charge in [0.25, 0.3) is 0 Å². The van der Waals surface area contributed by atoms with Crippen LogP contribution >= 0.6 is 23.1 Å². The topological polar surface area (TPSA) is 58.6 Å². The number of nitrogens with two attached hydrogens (primary N) is 1. The van der Waals surface area contributed by atoms with Crippen LogP contribution in [0.2, 0.25) is 0 Å². The lowest BCUT2D eigenvalue weighted by Gasteiger charge is -2.07. The van der Waals surface area contributed by atoms with E-state index in [9.17, 15) is 0 Å². The molecule has 0 aliphatic heterocycles. The van der Waals surface area contributed by atoms with Crippen molar-refractivity contribution in [2.75, 3.05) is 0 Å². The van der Waals surface area contributed by atoms with Crippen LogP contribution in [0.1, 0.15) is 11.1 Å². The third-order valence-electron chi connectivity index (χ3n) is 2.23. The minimum absolute atomic E-state index is 0.143. The number of benzene rings is 1. The van der Waals surface area contributed by atoms with Crippen molar-refractivity contribution >= 4 is 28.9 Å². The van der Waals surface area contributed by atoms with E-state index in [1.54, 1.807) is 23.1 Å². The van der Waals surface area contributed by atoms with Crippen LogP contribution in [-0.4, -0.2) is 11.0 Å². The van der Waals surface area contributed by atoms with E-state index < -0.39 is 0 Å². The Morgan fingerprint density at radius 1 is 1.41 bits per heavy atom. The van der Waals surface area contributed by atoms with Gasteiger partial charge in [0.05, 0.1) is 4.21 Å². The Balaban J connectivity index is 2.40. The Bertz CT molecular complexity index is 535. The quantitative estimate of drug-likeness (QED) is 0.387. The maximum absolute atomic E-state index is 8.76. The summed E-state index contributed by atoms with van der Waals surface area (Å²) < 4.78 is 1.18. The standard InChI is InChI=1S/C12H12N2OS2/c1-8-4-5-9(12(13)14-15)10(7-8)17-11-3-2-6-16-11/h2-7,15H,1H3,(H2,13,14). The number of oxime groups is 1. The summed E-state index contributed by atoms with van der Waals surface area (Å²) in [5, 5.41) is 13.9. The summed E-state index contributed by atoms with van der Waals surface area (Å²) in [6, 6.07) is 9.92. The van der Waals surface area contributed by atoms with E-state index >= 15 is 0 Å². The zero-order valence-electron chi connectivity index (χ0n) is 9.25. The van der Waals surface area contributed by atoms with Crippen LogP contribution in [0, 0.1) is 6.92 Å². The fourth-order valence-corrected chi connectivity index (χ4v) is 3.38. The Hall–Kier alpha value is -1.46. The molecular formula is C12H12N2OS2. The molecule has 2 aromatic rings. The van der Waals surface area contributed by atoms with Gasteiger partial charge in [0.1, 0.15) is 0 Å². The molecule has 5 heteroatoms. The summed E-state index contributed by atoms with van der Waals surface area (Å²) in [7, 11) is 0. The molecule has 0 aliphatic carbocycles. The van der Waals surface area contributed by atoms with E-state index in [0.29, 0.717) is 0 Å². The van der Waals surface area contributed by atoms with Crippen molar-refractivity contribution in [3.05, 3.63) is 46.8 Å². The molecule has 0 amide bonds. The molecule has 0 saturated heterocycles. The van der Waals surface area contributed by atoms with Crippen molar-refractivity contribution in [2.24, 2.45) is 10.9 Å². The fraction of sp³-hybridized carbons (Fsp3) is 0.0833. The average Bonchev–Trinajstić information content (AvgIpc) is 2.81. The smallest absolute Gasteiger partial charge is 0.171 e. The lowest BCUT2D eigenvalue weighted by Crippen LogP contribution is -2.14. The molecule has 0 fully saturated rings. The minimum Gasteiger partial charge on any atom is -0.409 e. The molecule has 0 unspecified atom stereocenters. The van der Waals surface area contributed by atoms with Gasteiger partial charge in [-0.2, -0.15) is 0 Å². The number of nitrogens with zero attached hydrogens (tertiary/aromatic N) is 1. The molecule has 0 spiro atoms. The molecule has 1 aromatic heterocycles. The summed E-state index contributed by atoms with van der Waals surface area (Å²) in [4.78, 5) is 1.00. The predicted octanol–water partition coefficient (Wildman–Crippen LogP) is 3.30. The lowest BCUT2D eigenvalue weighted by molar-refractivity contribution is 0.318. The molecule has 3 nitrogen and oxygen atoms in total. The van der Waals surface area contributed by atoms with Gasteiger partial charge in [-0.25, -0.2) is 0 Å². The summed E-state index contributed by atoms with van der Waals surface area (Å²) in [5.74, 6) is 0.143. The third-order valence-corrected chi connectivity index (χ3v) is 4.32. The van der Waals surface area contributed by atoms with Gasteiger partial charge >= 0.3 is 0 Å². The van der Waals surface area contributed by atoms with Crippen molar-refractivity contribution in [3.63, 3.8) is 0 Å². The predicted molar refractivity (Wildman–Crippen MR) is 72.1 cm³/mol. The van der Waals surface area contributed by atoms with E-state index in [4.69, 9.17) is 10.9 Å². The van der Waals surface area contributed by atoms with Crippen LogP contribution < -0.4 is 5.73 Å². The van der Waals surface area contributed by atoms with Gasteiger partial charge in [-0.1, -0.05) is 29.1 Å². The van der Waals surface area contributed by atoms with Gasteiger partial charge in [0.2, 0.25) is 0 Å². The maximum atomic E-state index is 8.76. The largest absolute Gasteiger partial charge is 0.409 e. The van der Waals surface area contributed by atoms with E-state index in [1.807, 2.05) is 42.6 Å². The molecule has 88 valence electrons. The van der Waals surface area contributed by atoms with Crippen LogP contribution in [0.3, 0.4) is 0 Å². The zero-order chi connectivity index (χ0) is 12.3. The molecule has 1 heterocycles. The number of rotatable bonds is 3. The maximum Gasteiger partial charge on any atom is 0.171 e. The minimum atomic E-state index is 0.143. The molecule has 0 aliphatic rings. The molecular weight excluding hydrogens is 252 g/mol. The van der Waals surface area contributed by atoms with Gasteiger partial charge < -0.3 is 10.9 Å². The molecule has 0 bridgehead atoms. The Kier molecular flexibility index (Phi) is 3.71. The van der Waals surface area contributed by atoms with Crippen molar-refractivity contribution in [2.45, 2.75) is 16.0 Å². The highest BCUT2D eigenvalue weighted by Gasteiger charge is 2.09. The second kappa shape index (κ2) is 5.25. The number of hydrogen-bond donors (Lipinski definition) is 2. The molecule has 0 atom stereocenters. The monoisotopic (exact) mass is 264 g/mol. The Morgan fingerprint density at radius 3 is 2.88 bits per heavy atom. The highest BCUT2D eigenvalue weighted by Crippen LogP contribution is 2.34. The SMILES string of the molecule is Cc1ccc(C(N)=NO)c(Sc2cccs2)c1. The molecule has 3 N–H and O–H groups in total. The summed E-state index contributed by atoms with van der Waals surface area (Å²) in [5.41, 5.74) is 7.58. The highest BCUT2D eigenvalue weighted by atomic mass is 32.2. The third kappa shape index (κ3) is 2.81. The fourth-order valence-electron chi connectivity index (χ4n) is 1.41. The first-order chi connectivity index (χ1) is 8.20. The van der Waals surface area contributed by atoms with E-state index in [0.717, 1.165) is 16.0 Å². The molecule has 0 radical (unpaired) electrons. The van der Waals surface area contributed by atoms with Crippen LogP contribution in [0.5, 0.6) is 0 Å². The lowest BCUT2D eigenvalue weighted by atomic mass is 10.1. The van der Waals surface area contributed by atoms with Crippen molar-refractivity contribution in [3.8, 4) is 0 Å². The first kappa shape index (κ1) is 12.0. The van der Waals surface area contributed by atoms with Crippen LogP contribution in [-0.2, 0) is 0 Å². The Labute approximate surface area is 108 Å². The zero-order valence-corrected chi connectivity index (χ0v) is 10.9. The molecule has 17 heavy (non-hydrogen) atoms. The summed E-state index contributed by atoms with van der Waals surface area (Å²) >= 11 is 3.30. The van der Waals surface area contributed by atoms with Crippen molar-refractivity contribution in [1.82, 2.24) is 0 Å². The highest BCUT2D eigenvalue weighted by molar-refractivity contribution is 8.01. The number of amidine groups is 1. The molecule has 2 rings (SSSR count). The van der Waals surface area contributed by atoms with Gasteiger partial charge in [-0.15, -0.1) is 11.3 Å². The molecule has 1 aromatic carbocycles. The van der Waals surface area contributed by atoms with Crippen molar-refractivity contribution < 1.29 is 5.21 Å². The van der Waals surface area contributed by atoms with E-state index in [-0.39, 0.29) is 5.84 Å². The van der Waals surface area contributed by atoms with Crippen LogP contribution in [0.15, 0.2) is 50.0 Å². The van der Waals surface area contributed by atoms with Gasteiger partial charge in [0, 0.05) is 10.5 Å². The van der Waals surface area contributed by atoms with Gasteiger partial charge in [-0.3, -0.25) is 0 Å². The summed E-state index contributed by atoms with van der Waals surface area (Å²) in [6.07, 6.45) is 0. The van der Waals surface area contributed by atoms with Crippen molar-refractivity contribution in [1.29, 1.82) is 0 Å². The second-order valence-corrected chi connectivity index (χ2v) is 5.81. The van der Waals surface area contributed by atoms with E-state index in [1.165, 1.54) is 4.21 Å². The number of aryl methyl sites for hydroxylation is 1. The Morgan fingerprint density at radius 2 is 2.24 bits per heavy atom. The first-order valence-electron chi connectivity index (χ1n) is 5.00. The summed E-state index contributed by atoms with van der Waals surface area (Å²) in [6.45, 7) is 2.02. The van der Waals surface area contributed by atoms with Gasteiger partial charge in [-0.05, 0) is 36.1 Å². The van der Waals surface area contributed by atoms with Gasteiger partial charge in [0.15, 0.2) is 5.84 Å². The first-order valence-corrected chi connectivity index (χ1v) is 6.70. The average molecular weight is 264 g/mol. The van der Waals surface area contributed by atoms with Crippen LogP contribution in [0.25, 0.3) is 0 Å². The number of thiophene rings is 1. The van der Waals surface area contributed by atoms with Crippen LogP contribution in [0.4, 0.5) is 0 Å². The second-order valence-electron chi connectivity index (χ2n) is 3.52. The number of hydrogen-bond acceptors (Lipinski definition) is 4.